The van der Waals surface area contributed by atoms with E-state index in [0.717, 1.165) is 24.8 Å². The fourth-order valence-electron chi connectivity index (χ4n) is 3.28. The molecule has 4 heteroatoms. The lowest BCUT2D eigenvalue weighted by molar-refractivity contribution is 0.372. The average Bonchev–Trinajstić information content (AvgIpc) is 3.16. The molecule has 1 aromatic heterocycles. The first-order chi connectivity index (χ1) is 10.1. The van der Waals surface area contributed by atoms with Gasteiger partial charge < -0.3 is 15.1 Å². The highest BCUT2D eigenvalue weighted by Gasteiger charge is 2.27. The molecule has 116 valence electrons. The van der Waals surface area contributed by atoms with E-state index in [1.165, 1.54) is 43.5 Å². The van der Waals surface area contributed by atoms with Gasteiger partial charge >= 0.3 is 0 Å². The molecule has 21 heavy (non-hydrogen) atoms. The van der Waals surface area contributed by atoms with Gasteiger partial charge in [-0.25, -0.2) is 0 Å². The number of aryl methyl sites for hydroxylation is 1. The molecule has 2 fully saturated rings. The fraction of sp³-hybridized carbons (Fsp3) is 0.706. The molecule has 4 nitrogen and oxygen atoms in total. The largest absolute Gasteiger partial charge is 0.367 e. The van der Waals surface area contributed by atoms with Gasteiger partial charge in [0.1, 0.15) is 0 Å². The highest BCUT2D eigenvalue weighted by Crippen LogP contribution is 2.30. The van der Waals surface area contributed by atoms with Crippen molar-refractivity contribution in [3.05, 3.63) is 23.5 Å². The van der Waals surface area contributed by atoms with Crippen molar-refractivity contribution in [2.24, 2.45) is 0 Å². The van der Waals surface area contributed by atoms with Gasteiger partial charge in [0.05, 0.1) is 0 Å². The third kappa shape index (κ3) is 3.74. The van der Waals surface area contributed by atoms with E-state index in [9.17, 15) is 0 Å². The van der Waals surface area contributed by atoms with Gasteiger partial charge in [0.25, 0.3) is 0 Å². The maximum Gasteiger partial charge on any atom is 0.0448 e. The normalized spacial score (nSPS) is 22.3. The van der Waals surface area contributed by atoms with Crippen molar-refractivity contribution in [3.8, 4) is 0 Å². The Morgan fingerprint density at radius 1 is 1.33 bits per heavy atom. The summed E-state index contributed by atoms with van der Waals surface area (Å²) in [5.74, 6) is 0. The highest BCUT2D eigenvalue weighted by molar-refractivity contribution is 5.55. The summed E-state index contributed by atoms with van der Waals surface area (Å²) < 4.78 is 0. The fourth-order valence-corrected chi connectivity index (χ4v) is 3.28. The number of aromatic nitrogens is 1. The Kier molecular flexibility index (Phi) is 4.45. The SMILES string of the molecule is Cc1cc(N2CCCC2CN(C)C)c(CNC2CC2)cn1. The smallest absolute Gasteiger partial charge is 0.0448 e. The number of hydrogen-bond acceptors (Lipinski definition) is 4. The summed E-state index contributed by atoms with van der Waals surface area (Å²) in [6.07, 6.45) is 7.35. The van der Waals surface area contributed by atoms with E-state index in [1.54, 1.807) is 0 Å². The maximum absolute atomic E-state index is 4.52. The van der Waals surface area contributed by atoms with Gasteiger partial charge in [-0.05, 0) is 52.8 Å². The second-order valence-corrected chi connectivity index (χ2v) is 6.86. The van der Waals surface area contributed by atoms with Gasteiger partial charge in [0.2, 0.25) is 0 Å². The van der Waals surface area contributed by atoms with E-state index in [1.807, 2.05) is 0 Å². The minimum absolute atomic E-state index is 0.640. The highest BCUT2D eigenvalue weighted by atomic mass is 15.2. The van der Waals surface area contributed by atoms with Crippen LogP contribution in [-0.4, -0.2) is 49.2 Å². The molecule has 1 aromatic rings. The predicted octanol–water partition coefficient (Wildman–Crippen LogP) is 2.17. The van der Waals surface area contributed by atoms with Crippen molar-refractivity contribution in [3.63, 3.8) is 0 Å². The predicted molar refractivity (Wildman–Crippen MR) is 87.8 cm³/mol. The molecule has 0 bridgehead atoms. The number of nitrogens with zero attached hydrogens (tertiary/aromatic N) is 3. The lowest BCUT2D eigenvalue weighted by atomic mass is 10.1. The quantitative estimate of drug-likeness (QED) is 0.869. The van der Waals surface area contributed by atoms with Gasteiger partial charge in [-0.1, -0.05) is 0 Å². The van der Waals surface area contributed by atoms with E-state index in [0.29, 0.717) is 6.04 Å². The molecule has 3 rings (SSSR count). The Morgan fingerprint density at radius 3 is 2.86 bits per heavy atom. The van der Waals surface area contributed by atoms with Crippen molar-refractivity contribution in [1.29, 1.82) is 0 Å². The van der Waals surface area contributed by atoms with Crippen LogP contribution in [-0.2, 0) is 6.54 Å². The summed E-state index contributed by atoms with van der Waals surface area (Å²) >= 11 is 0. The molecular formula is C17H28N4. The Bertz CT molecular complexity index is 482. The second kappa shape index (κ2) is 6.32. The third-order valence-corrected chi connectivity index (χ3v) is 4.52. The number of likely N-dealkylation sites (N-methyl/N-ethyl adjacent to an activating group) is 1. The molecule has 2 heterocycles. The second-order valence-electron chi connectivity index (χ2n) is 6.86. The Balaban J connectivity index is 1.79. The standard InChI is InChI=1S/C17H28N4/c1-13-9-17(14(10-18-13)11-19-15-6-7-15)21-8-4-5-16(21)12-20(2)3/h9-10,15-16,19H,4-8,11-12H2,1-3H3. The number of hydrogen-bond donors (Lipinski definition) is 1. The molecule has 1 saturated carbocycles. The number of rotatable bonds is 6. The van der Waals surface area contributed by atoms with Gasteiger partial charge in [-0.2, -0.15) is 0 Å². The van der Waals surface area contributed by atoms with Crippen LogP contribution in [0.1, 0.15) is 36.9 Å². The van der Waals surface area contributed by atoms with Gasteiger partial charge in [0.15, 0.2) is 0 Å². The Labute approximate surface area is 128 Å². The van der Waals surface area contributed by atoms with Crippen LogP contribution in [0.25, 0.3) is 0 Å². The molecule has 0 amide bonds. The van der Waals surface area contributed by atoms with Crippen LogP contribution in [0.5, 0.6) is 0 Å². The molecule has 1 saturated heterocycles. The lowest BCUT2D eigenvalue weighted by Gasteiger charge is -2.31. The zero-order chi connectivity index (χ0) is 14.8. The summed E-state index contributed by atoms with van der Waals surface area (Å²) in [4.78, 5) is 9.43. The molecule has 1 atom stereocenters. The minimum atomic E-state index is 0.640. The maximum atomic E-state index is 4.52. The van der Waals surface area contributed by atoms with Gasteiger partial charge in [-0.3, -0.25) is 4.98 Å². The third-order valence-electron chi connectivity index (χ3n) is 4.52. The van der Waals surface area contributed by atoms with Crippen molar-refractivity contribution in [1.82, 2.24) is 15.2 Å². The molecule has 0 radical (unpaired) electrons. The minimum Gasteiger partial charge on any atom is -0.367 e. The first kappa shape index (κ1) is 14.8. The zero-order valence-electron chi connectivity index (χ0n) is 13.6. The number of anilines is 1. The topological polar surface area (TPSA) is 31.4 Å². The summed E-state index contributed by atoms with van der Waals surface area (Å²) in [5.41, 5.74) is 3.88. The van der Waals surface area contributed by atoms with Crippen LogP contribution in [0.4, 0.5) is 5.69 Å². The first-order valence-electron chi connectivity index (χ1n) is 8.24. The summed E-state index contributed by atoms with van der Waals surface area (Å²) in [5, 5.41) is 3.63. The van der Waals surface area contributed by atoms with Crippen LogP contribution in [0.15, 0.2) is 12.3 Å². The Morgan fingerprint density at radius 2 is 2.14 bits per heavy atom. The van der Waals surface area contributed by atoms with E-state index in [4.69, 9.17) is 0 Å². The van der Waals surface area contributed by atoms with Crippen LogP contribution in [0.2, 0.25) is 0 Å². The van der Waals surface area contributed by atoms with E-state index < -0.39 is 0 Å². The van der Waals surface area contributed by atoms with Crippen LogP contribution in [0, 0.1) is 6.92 Å². The molecule has 0 aromatic carbocycles. The molecular weight excluding hydrogens is 260 g/mol. The number of nitrogens with one attached hydrogen (secondary N) is 1. The van der Waals surface area contributed by atoms with Gasteiger partial charge in [0, 0.05) is 54.9 Å². The molecule has 0 spiro atoms. The number of pyridine rings is 1. The van der Waals surface area contributed by atoms with Crippen LogP contribution < -0.4 is 10.2 Å². The summed E-state index contributed by atoms with van der Waals surface area (Å²) in [6.45, 7) is 5.37. The van der Waals surface area contributed by atoms with Crippen LogP contribution in [0.3, 0.4) is 0 Å². The van der Waals surface area contributed by atoms with E-state index >= 15 is 0 Å². The monoisotopic (exact) mass is 288 g/mol. The zero-order valence-corrected chi connectivity index (χ0v) is 13.6. The molecule has 1 aliphatic carbocycles. The molecule has 1 unspecified atom stereocenters. The molecule has 1 N–H and O–H groups in total. The van der Waals surface area contributed by atoms with E-state index in [2.05, 4.69) is 53.4 Å². The van der Waals surface area contributed by atoms with Crippen molar-refractivity contribution >= 4 is 5.69 Å². The Hall–Kier alpha value is -1.13. The first-order valence-corrected chi connectivity index (χ1v) is 8.24. The molecule has 2 aliphatic rings. The summed E-state index contributed by atoms with van der Waals surface area (Å²) in [6, 6.07) is 3.66. The van der Waals surface area contributed by atoms with Crippen molar-refractivity contribution < 1.29 is 0 Å². The molecule has 1 aliphatic heterocycles. The van der Waals surface area contributed by atoms with Crippen LogP contribution >= 0.6 is 0 Å². The van der Waals surface area contributed by atoms with Crippen molar-refractivity contribution in [2.75, 3.05) is 32.1 Å². The lowest BCUT2D eigenvalue weighted by Crippen LogP contribution is -2.38. The average molecular weight is 288 g/mol. The van der Waals surface area contributed by atoms with Gasteiger partial charge in [-0.15, -0.1) is 0 Å². The van der Waals surface area contributed by atoms with E-state index in [-0.39, 0.29) is 0 Å². The summed E-state index contributed by atoms with van der Waals surface area (Å²) in [7, 11) is 4.34. The van der Waals surface area contributed by atoms with Crippen molar-refractivity contribution in [2.45, 2.75) is 51.2 Å².